The van der Waals surface area contributed by atoms with Crippen LogP contribution in [0, 0.1) is 0 Å². The van der Waals surface area contributed by atoms with E-state index >= 15 is 0 Å². The van der Waals surface area contributed by atoms with Crippen LogP contribution in [0.2, 0.25) is 0 Å². The maximum Gasteiger partial charge on any atom is 0.490 e. The minimum absolute atomic E-state index is 0.372. The van der Waals surface area contributed by atoms with Crippen molar-refractivity contribution in [3.63, 3.8) is 0 Å². The van der Waals surface area contributed by atoms with E-state index in [1.54, 1.807) is 18.1 Å². The van der Waals surface area contributed by atoms with E-state index < -0.39 is 24.3 Å². The molecule has 0 amide bonds. The minimum atomic E-state index is -5.08. The summed E-state index contributed by atoms with van der Waals surface area (Å²) >= 11 is 1.70. The summed E-state index contributed by atoms with van der Waals surface area (Å²) < 4.78 is 65.6. The number of thioether (sulfide) groups is 1. The van der Waals surface area contributed by atoms with E-state index in [0.29, 0.717) is 17.2 Å². The van der Waals surface area contributed by atoms with Gasteiger partial charge in [0.15, 0.2) is 0 Å². The number of carboxylic acids is 2. The van der Waals surface area contributed by atoms with E-state index in [-0.39, 0.29) is 0 Å². The lowest BCUT2D eigenvalue weighted by atomic mass is 9.95. The van der Waals surface area contributed by atoms with Gasteiger partial charge in [-0.2, -0.15) is 36.4 Å². The van der Waals surface area contributed by atoms with Crippen molar-refractivity contribution in [1.82, 2.24) is 39.9 Å². The van der Waals surface area contributed by atoms with Crippen LogP contribution in [-0.2, 0) is 9.59 Å². The molecule has 222 valence electrons. The molecule has 4 aromatic heterocycles. The molecular weight excluding hydrogens is 588 g/mol. The van der Waals surface area contributed by atoms with Gasteiger partial charge in [-0.1, -0.05) is 11.8 Å². The van der Waals surface area contributed by atoms with Crippen LogP contribution in [0.4, 0.5) is 32.3 Å². The number of hydrogen-bond donors (Lipinski definition) is 5. The van der Waals surface area contributed by atoms with E-state index in [4.69, 9.17) is 25.5 Å². The van der Waals surface area contributed by atoms with Crippen LogP contribution in [0.15, 0.2) is 36.1 Å². The zero-order valence-electron chi connectivity index (χ0n) is 20.5. The molecule has 5 rings (SSSR count). The molecule has 13 nitrogen and oxygen atoms in total. The van der Waals surface area contributed by atoms with Gasteiger partial charge in [0.05, 0.1) is 17.9 Å². The lowest BCUT2D eigenvalue weighted by Gasteiger charge is -2.27. The van der Waals surface area contributed by atoms with Crippen molar-refractivity contribution < 1.29 is 46.1 Å². The van der Waals surface area contributed by atoms with Crippen molar-refractivity contribution >= 4 is 40.7 Å². The smallest absolute Gasteiger partial charge is 0.475 e. The van der Waals surface area contributed by atoms with E-state index in [0.717, 1.165) is 53.1 Å². The van der Waals surface area contributed by atoms with Crippen LogP contribution in [0.5, 0.6) is 0 Å². The van der Waals surface area contributed by atoms with Gasteiger partial charge >= 0.3 is 24.3 Å². The summed E-state index contributed by atoms with van der Waals surface area (Å²) in [6, 6.07) is 2.41. The number of fused-ring (bicyclic) bond motifs is 1. The molecule has 41 heavy (non-hydrogen) atoms. The van der Waals surface area contributed by atoms with E-state index in [1.165, 1.54) is 0 Å². The van der Waals surface area contributed by atoms with Gasteiger partial charge in [-0.15, -0.1) is 5.10 Å². The molecule has 0 atom stereocenters. The van der Waals surface area contributed by atoms with Crippen molar-refractivity contribution in [1.29, 1.82) is 0 Å². The van der Waals surface area contributed by atoms with E-state index in [2.05, 4.69) is 46.1 Å². The van der Waals surface area contributed by atoms with Crippen LogP contribution in [-0.4, -0.2) is 79.7 Å². The zero-order valence-corrected chi connectivity index (χ0v) is 21.3. The quantitative estimate of drug-likeness (QED) is 0.209. The average Bonchev–Trinajstić information content (AvgIpc) is 3.65. The highest BCUT2D eigenvalue weighted by Gasteiger charge is 2.38. The Morgan fingerprint density at radius 3 is 2.17 bits per heavy atom. The maximum atomic E-state index is 10.6. The van der Waals surface area contributed by atoms with Crippen LogP contribution in [0.1, 0.15) is 31.7 Å². The molecule has 4 heterocycles. The number of aromatic nitrogens is 8. The molecule has 20 heteroatoms. The number of nitrogens with two attached hydrogens (primary N) is 1. The number of nitrogens with zero attached hydrogens (tertiary/aromatic N) is 6. The molecule has 0 saturated heterocycles. The molecule has 0 aromatic carbocycles. The Balaban J connectivity index is 0.000000276. The number of hydrogen-bond acceptors (Lipinski definition) is 9. The van der Waals surface area contributed by atoms with Crippen molar-refractivity contribution in [2.45, 2.75) is 54.5 Å². The average molecular weight is 610 g/mol. The SMILES string of the molecule is Nc1nc(SC2CCC(n3cc(-c4ncnc5[nH]ccc45)cn3)CC2)n[nH]1.O=C(O)C(F)(F)F.O=C(O)C(F)(F)F. The summed E-state index contributed by atoms with van der Waals surface area (Å²) in [5.41, 5.74) is 8.38. The second kappa shape index (κ2) is 12.9. The number of rotatable bonds is 4. The Hall–Kier alpha value is -4.36. The third kappa shape index (κ3) is 8.82. The standard InChI is InChI=1S/C17H19N9S.2C2HF3O2/c18-16-23-17(25-24-16)27-12-3-1-11(2-4-12)26-8-10(7-22-26)14-13-5-6-19-15(13)21-9-20-14;2*3-2(4,5)1(6)7/h5-9,11-12H,1-4H2,(H,19,20,21)(H3,18,23,24,25);2*(H,6,7). The van der Waals surface area contributed by atoms with Gasteiger partial charge in [0.2, 0.25) is 11.1 Å². The fourth-order valence-electron chi connectivity index (χ4n) is 3.65. The number of halogens is 6. The number of anilines is 1. The number of carboxylic acid groups (broad SMARTS) is 2. The number of alkyl halides is 6. The molecule has 4 aromatic rings. The maximum absolute atomic E-state index is 10.6. The normalized spacial score (nSPS) is 17.2. The molecule has 0 spiro atoms. The summed E-state index contributed by atoms with van der Waals surface area (Å²) in [6.45, 7) is 0. The Kier molecular flexibility index (Phi) is 9.79. The van der Waals surface area contributed by atoms with Gasteiger partial charge in [0.25, 0.3) is 0 Å². The lowest BCUT2D eigenvalue weighted by Crippen LogP contribution is -2.21. The first-order valence-corrected chi connectivity index (χ1v) is 12.3. The summed E-state index contributed by atoms with van der Waals surface area (Å²) in [5, 5.41) is 27.9. The van der Waals surface area contributed by atoms with Gasteiger partial charge in [-0.25, -0.2) is 24.7 Å². The first-order chi connectivity index (χ1) is 19.1. The number of nitrogen functional groups attached to an aromatic ring is 1. The Bertz CT molecular complexity index is 1440. The second-order valence-corrected chi connectivity index (χ2v) is 9.60. The molecule has 0 radical (unpaired) electrons. The first-order valence-electron chi connectivity index (χ1n) is 11.4. The van der Waals surface area contributed by atoms with Gasteiger partial charge in [0, 0.05) is 28.6 Å². The van der Waals surface area contributed by atoms with Crippen molar-refractivity contribution in [2.24, 2.45) is 0 Å². The van der Waals surface area contributed by atoms with E-state index in [9.17, 15) is 26.3 Å². The highest BCUT2D eigenvalue weighted by Crippen LogP contribution is 2.37. The Labute approximate surface area is 229 Å². The van der Waals surface area contributed by atoms with Crippen LogP contribution >= 0.6 is 11.8 Å². The topological polar surface area (TPSA) is 202 Å². The molecule has 0 bridgehead atoms. The second-order valence-electron chi connectivity index (χ2n) is 8.33. The largest absolute Gasteiger partial charge is 0.490 e. The Morgan fingerprint density at radius 1 is 1.02 bits per heavy atom. The fourth-order valence-corrected chi connectivity index (χ4v) is 4.71. The van der Waals surface area contributed by atoms with Gasteiger partial charge in [-0.3, -0.25) is 4.68 Å². The molecule has 1 aliphatic rings. The predicted molar refractivity (Wildman–Crippen MR) is 130 cm³/mol. The minimum Gasteiger partial charge on any atom is -0.475 e. The zero-order chi connectivity index (χ0) is 30.4. The number of H-pyrrole nitrogens is 2. The fraction of sp³-hybridized carbons (Fsp3) is 0.381. The third-order valence-corrected chi connectivity index (χ3v) is 6.68. The van der Waals surface area contributed by atoms with Crippen LogP contribution in [0.3, 0.4) is 0 Å². The molecule has 0 aliphatic heterocycles. The number of aromatic amines is 2. The highest BCUT2D eigenvalue weighted by molar-refractivity contribution is 7.99. The number of carbonyl (C=O) groups is 2. The monoisotopic (exact) mass is 609 g/mol. The van der Waals surface area contributed by atoms with Crippen molar-refractivity contribution in [3.05, 3.63) is 31.0 Å². The third-order valence-electron chi connectivity index (χ3n) is 5.49. The lowest BCUT2D eigenvalue weighted by molar-refractivity contribution is -0.193. The highest BCUT2D eigenvalue weighted by atomic mass is 32.2. The van der Waals surface area contributed by atoms with Crippen molar-refractivity contribution in [2.75, 3.05) is 5.73 Å². The summed E-state index contributed by atoms with van der Waals surface area (Å²) in [6.07, 6.45) is 1.68. The summed E-state index contributed by atoms with van der Waals surface area (Å²) in [4.78, 5) is 33.8. The molecule has 6 N–H and O–H groups in total. The van der Waals surface area contributed by atoms with Gasteiger partial charge in [-0.05, 0) is 31.7 Å². The summed E-state index contributed by atoms with van der Waals surface area (Å²) in [5.74, 6) is -5.14. The van der Waals surface area contributed by atoms with Crippen LogP contribution < -0.4 is 5.73 Å². The number of nitrogens with one attached hydrogen (secondary N) is 2. The molecule has 0 unspecified atom stereocenters. The Morgan fingerprint density at radius 2 is 1.63 bits per heavy atom. The van der Waals surface area contributed by atoms with E-state index in [1.807, 2.05) is 18.5 Å². The summed E-state index contributed by atoms with van der Waals surface area (Å²) in [7, 11) is 0. The first kappa shape index (κ1) is 31.2. The number of aliphatic carboxylic acids is 2. The van der Waals surface area contributed by atoms with Crippen LogP contribution in [0.25, 0.3) is 22.3 Å². The van der Waals surface area contributed by atoms with Crippen molar-refractivity contribution in [3.8, 4) is 11.3 Å². The molecular formula is C21H21F6N9O4S. The molecule has 1 aliphatic carbocycles. The van der Waals surface area contributed by atoms with Gasteiger partial charge in [0.1, 0.15) is 12.0 Å². The molecule has 1 saturated carbocycles. The van der Waals surface area contributed by atoms with Gasteiger partial charge < -0.3 is 20.9 Å². The predicted octanol–water partition coefficient (Wildman–Crippen LogP) is 4.06. The molecule has 1 fully saturated rings.